The lowest BCUT2D eigenvalue weighted by Gasteiger charge is -2.15. The fourth-order valence-electron chi connectivity index (χ4n) is 3.79. The topological polar surface area (TPSA) is 60.0 Å². The maximum atomic E-state index is 12.1. The number of nitrogens with zero attached hydrogens (tertiary/aromatic N) is 3. The minimum Gasteiger partial charge on any atom is -0.357 e. The molecule has 162 valence electrons. The van der Waals surface area contributed by atoms with Gasteiger partial charge in [0.1, 0.15) is 0 Å². The predicted octanol–water partition coefficient (Wildman–Crippen LogP) is 2.59. The number of amides is 1. The summed E-state index contributed by atoms with van der Waals surface area (Å²) in [6.45, 7) is 7.10. The lowest BCUT2D eigenvalue weighted by molar-refractivity contribution is 0.0827. The van der Waals surface area contributed by atoms with Crippen LogP contribution >= 0.6 is 24.0 Å². The number of aliphatic imine (C=N–C) groups is 1. The van der Waals surface area contributed by atoms with Crippen LogP contribution in [0, 0.1) is 5.92 Å². The van der Waals surface area contributed by atoms with Crippen molar-refractivity contribution < 1.29 is 4.79 Å². The zero-order chi connectivity index (χ0) is 19.9. The Morgan fingerprint density at radius 2 is 2.03 bits per heavy atom. The first-order valence-corrected chi connectivity index (χ1v) is 10.6. The Hall–Kier alpha value is -1.35. The molecule has 2 fully saturated rings. The Balaban J connectivity index is 0.00000300. The first-order chi connectivity index (χ1) is 13.6. The van der Waals surface area contributed by atoms with Gasteiger partial charge in [-0.3, -0.25) is 9.79 Å². The lowest BCUT2D eigenvalue weighted by Crippen LogP contribution is -2.38. The summed E-state index contributed by atoms with van der Waals surface area (Å²) in [5, 5.41) is 6.79. The highest BCUT2D eigenvalue weighted by atomic mass is 127. The second-order valence-corrected chi connectivity index (χ2v) is 8.18. The summed E-state index contributed by atoms with van der Waals surface area (Å²) < 4.78 is 0. The van der Waals surface area contributed by atoms with Gasteiger partial charge in [0, 0.05) is 51.9 Å². The fraction of sp³-hybridized carbons (Fsp3) is 0.636. The van der Waals surface area contributed by atoms with E-state index in [1.54, 1.807) is 19.0 Å². The molecule has 2 N–H and O–H groups in total. The van der Waals surface area contributed by atoms with Gasteiger partial charge in [-0.25, -0.2) is 0 Å². The molecule has 0 radical (unpaired) electrons. The molecule has 1 unspecified atom stereocenters. The van der Waals surface area contributed by atoms with Crippen LogP contribution < -0.4 is 10.6 Å². The number of carbonyl (C=O) groups excluding carboxylic acids is 1. The van der Waals surface area contributed by atoms with Crippen LogP contribution in [-0.4, -0.2) is 74.5 Å². The first kappa shape index (κ1) is 23.9. The van der Waals surface area contributed by atoms with Gasteiger partial charge in [0.05, 0.1) is 0 Å². The number of likely N-dealkylation sites (tertiary alicyclic amines) is 1. The third-order valence-electron chi connectivity index (χ3n) is 5.52. The highest BCUT2D eigenvalue weighted by molar-refractivity contribution is 14.0. The van der Waals surface area contributed by atoms with Crippen molar-refractivity contribution in [3.05, 3.63) is 35.4 Å². The summed E-state index contributed by atoms with van der Waals surface area (Å²) in [6.07, 6.45) is 4.91. The van der Waals surface area contributed by atoms with Crippen molar-refractivity contribution >= 4 is 35.8 Å². The van der Waals surface area contributed by atoms with Gasteiger partial charge in [-0.2, -0.15) is 0 Å². The second-order valence-electron chi connectivity index (χ2n) is 8.18. The number of carbonyl (C=O) groups is 1. The van der Waals surface area contributed by atoms with E-state index in [0.29, 0.717) is 5.92 Å². The van der Waals surface area contributed by atoms with Crippen LogP contribution in [0.4, 0.5) is 0 Å². The van der Waals surface area contributed by atoms with Crippen LogP contribution in [-0.2, 0) is 6.42 Å². The van der Waals surface area contributed by atoms with Crippen molar-refractivity contribution in [2.24, 2.45) is 10.9 Å². The van der Waals surface area contributed by atoms with E-state index in [-0.39, 0.29) is 29.9 Å². The maximum absolute atomic E-state index is 12.1. The average Bonchev–Trinajstić information content (AvgIpc) is 3.44. The summed E-state index contributed by atoms with van der Waals surface area (Å²) in [7, 11) is 3.56. The standard InChI is InChI=1S/C22H35N5O.HI/c1-4-23-22(25-15-18-11-13-27(16-18)20-8-9-20)24-12-10-17-6-5-7-19(14-17)21(28)26(2)3;/h5-7,14,18,20H,4,8-13,15-16H2,1-3H3,(H2,23,24,25);1H. The van der Waals surface area contributed by atoms with E-state index in [1.807, 2.05) is 18.2 Å². The molecule has 29 heavy (non-hydrogen) atoms. The van der Waals surface area contributed by atoms with Crippen LogP contribution in [0.3, 0.4) is 0 Å². The summed E-state index contributed by atoms with van der Waals surface area (Å²) in [5.74, 6) is 1.62. The van der Waals surface area contributed by atoms with Crippen molar-refractivity contribution in [1.29, 1.82) is 0 Å². The Morgan fingerprint density at radius 3 is 2.72 bits per heavy atom. The molecule has 2 aliphatic rings. The van der Waals surface area contributed by atoms with E-state index in [4.69, 9.17) is 4.99 Å². The van der Waals surface area contributed by atoms with E-state index >= 15 is 0 Å². The Bertz CT molecular complexity index is 690. The van der Waals surface area contributed by atoms with Gasteiger partial charge in [0.2, 0.25) is 0 Å². The number of rotatable bonds is 8. The molecule has 1 atom stereocenters. The molecule has 3 rings (SSSR count). The number of hydrogen-bond acceptors (Lipinski definition) is 3. The van der Waals surface area contributed by atoms with Crippen LogP contribution in [0.1, 0.15) is 42.1 Å². The molecule has 1 aliphatic heterocycles. The van der Waals surface area contributed by atoms with Gasteiger partial charge in [-0.15, -0.1) is 24.0 Å². The van der Waals surface area contributed by atoms with E-state index in [2.05, 4.69) is 28.5 Å². The maximum Gasteiger partial charge on any atom is 0.253 e. The largest absolute Gasteiger partial charge is 0.357 e. The van der Waals surface area contributed by atoms with Crippen molar-refractivity contribution in [1.82, 2.24) is 20.4 Å². The van der Waals surface area contributed by atoms with Gasteiger partial charge < -0.3 is 20.4 Å². The summed E-state index contributed by atoms with van der Waals surface area (Å²) in [5.41, 5.74) is 1.90. The molecule has 7 heteroatoms. The molecule has 0 aromatic heterocycles. The van der Waals surface area contributed by atoms with Gasteiger partial charge >= 0.3 is 0 Å². The van der Waals surface area contributed by atoms with Gasteiger partial charge in [-0.1, -0.05) is 12.1 Å². The molecule has 1 aliphatic carbocycles. The summed E-state index contributed by atoms with van der Waals surface area (Å²) in [4.78, 5) is 21.2. The van der Waals surface area contributed by atoms with Crippen LogP contribution in [0.15, 0.2) is 29.3 Å². The number of benzene rings is 1. The molecule has 0 spiro atoms. The molecule has 1 saturated carbocycles. The second kappa shape index (κ2) is 11.7. The molecule has 0 bridgehead atoms. The van der Waals surface area contributed by atoms with E-state index in [1.165, 1.54) is 32.4 Å². The van der Waals surface area contributed by atoms with Crippen LogP contribution in [0.5, 0.6) is 0 Å². The van der Waals surface area contributed by atoms with E-state index < -0.39 is 0 Å². The molecule has 1 heterocycles. The van der Waals surface area contributed by atoms with Crippen molar-refractivity contribution in [2.45, 2.75) is 38.6 Å². The van der Waals surface area contributed by atoms with Crippen LogP contribution in [0.2, 0.25) is 0 Å². The number of guanidine groups is 1. The Labute approximate surface area is 192 Å². The predicted molar refractivity (Wildman–Crippen MR) is 130 cm³/mol. The summed E-state index contributed by atoms with van der Waals surface area (Å²) in [6, 6.07) is 8.76. The Kier molecular flexibility index (Phi) is 9.68. The van der Waals surface area contributed by atoms with E-state index in [0.717, 1.165) is 49.2 Å². The fourth-order valence-corrected chi connectivity index (χ4v) is 3.79. The SMILES string of the molecule is CCNC(=NCC1CCN(C2CC2)C1)NCCc1cccc(C(=O)N(C)C)c1.I. The molecular weight excluding hydrogens is 477 g/mol. The number of halogens is 1. The highest BCUT2D eigenvalue weighted by Gasteiger charge is 2.34. The minimum atomic E-state index is 0. The van der Waals surface area contributed by atoms with Crippen molar-refractivity contribution in [3.63, 3.8) is 0 Å². The van der Waals surface area contributed by atoms with Gasteiger partial charge in [-0.05, 0) is 62.8 Å². The van der Waals surface area contributed by atoms with Gasteiger partial charge in [0.25, 0.3) is 5.91 Å². The zero-order valence-corrected chi connectivity index (χ0v) is 20.3. The molecule has 1 amide bonds. The van der Waals surface area contributed by atoms with Gasteiger partial charge in [0.15, 0.2) is 5.96 Å². The van der Waals surface area contributed by atoms with Crippen molar-refractivity contribution in [3.8, 4) is 0 Å². The quantitative estimate of drug-likeness (QED) is 0.319. The van der Waals surface area contributed by atoms with E-state index in [9.17, 15) is 4.79 Å². The normalized spacial score (nSPS) is 19.6. The highest BCUT2D eigenvalue weighted by Crippen LogP contribution is 2.31. The average molecular weight is 513 g/mol. The third kappa shape index (κ3) is 7.44. The smallest absolute Gasteiger partial charge is 0.253 e. The zero-order valence-electron chi connectivity index (χ0n) is 18.0. The molecular formula is C22H36IN5O. The molecule has 1 aromatic carbocycles. The number of nitrogens with one attached hydrogen (secondary N) is 2. The first-order valence-electron chi connectivity index (χ1n) is 10.6. The number of hydrogen-bond donors (Lipinski definition) is 2. The summed E-state index contributed by atoms with van der Waals surface area (Å²) >= 11 is 0. The van der Waals surface area contributed by atoms with Crippen molar-refractivity contribution in [2.75, 3.05) is 46.8 Å². The minimum absolute atomic E-state index is 0. The lowest BCUT2D eigenvalue weighted by atomic mass is 10.1. The third-order valence-corrected chi connectivity index (χ3v) is 5.52. The van der Waals surface area contributed by atoms with Crippen LogP contribution in [0.25, 0.3) is 0 Å². The monoisotopic (exact) mass is 513 g/mol. The Morgan fingerprint density at radius 1 is 1.24 bits per heavy atom. The molecule has 6 nitrogen and oxygen atoms in total. The molecule has 1 aromatic rings. The molecule has 1 saturated heterocycles.